The summed E-state index contributed by atoms with van der Waals surface area (Å²) in [6.07, 6.45) is 1.70. The van der Waals surface area contributed by atoms with Gasteiger partial charge in [-0.25, -0.2) is 9.37 Å². The van der Waals surface area contributed by atoms with E-state index in [9.17, 15) is 4.39 Å². The first-order chi connectivity index (χ1) is 8.16. The van der Waals surface area contributed by atoms with Crippen LogP contribution in [0.25, 0.3) is 0 Å². The van der Waals surface area contributed by atoms with Gasteiger partial charge in [-0.2, -0.15) is 0 Å². The van der Waals surface area contributed by atoms with Gasteiger partial charge in [0, 0.05) is 16.2 Å². The molecule has 4 heteroatoms. The van der Waals surface area contributed by atoms with Gasteiger partial charge in [-0.3, -0.25) is 0 Å². The monoisotopic (exact) mass is 294 g/mol. The van der Waals surface area contributed by atoms with Crippen LogP contribution in [0.3, 0.4) is 0 Å². The number of benzene rings is 1. The van der Waals surface area contributed by atoms with Crippen LogP contribution in [0.15, 0.2) is 47.1 Å². The highest BCUT2D eigenvalue weighted by atomic mass is 79.9. The van der Waals surface area contributed by atoms with Crippen LogP contribution in [-0.2, 0) is 0 Å². The standard InChI is InChI=1S/C13H12BrFN2/c1-9(11-4-2-3-5-12(11)15)17-13-7-6-10(14)8-16-13/h2-9H,1H3,(H,16,17)/t9-/m1/s1. The molecule has 0 saturated heterocycles. The number of halogens is 2. The van der Waals surface area contributed by atoms with E-state index in [1.54, 1.807) is 18.3 Å². The highest BCUT2D eigenvalue weighted by Crippen LogP contribution is 2.21. The molecule has 1 heterocycles. The maximum absolute atomic E-state index is 13.5. The molecule has 0 amide bonds. The van der Waals surface area contributed by atoms with Crippen LogP contribution >= 0.6 is 15.9 Å². The van der Waals surface area contributed by atoms with E-state index in [0.717, 1.165) is 10.3 Å². The first-order valence-electron chi connectivity index (χ1n) is 5.29. The molecule has 0 saturated carbocycles. The fourth-order valence-electron chi connectivity index (χ4n) is 1.59. The van der Waals surface area contributed by atoms with Gasteiger partial charge in [0.25, 0.3) is 0 Å². The Hall–Kier alpha value is -1.42. The number of rotatable bonds is 3. The zero-order valence-corrected chi connectivity index (χ0v) is 10.9. The van der Waals surface area contributed by atoms with Crippen molar-refractivity contribution in [2.45, 2.75) is 13.0 Å². The van der Waals surface area contributed by atoms with E-state index in [-0.39, 0.29) is 11.9 Å². The fourth-order valence-corrected chi connectivity index (χ4v) is 1.82. The second-order valence-corrected chi connectivity index (χ2v) is 4.66. The molecule has 0 unspecified atom stereocenters. The van der Waals surface area contributed by atoms with Crippen LogP contribution in [0.4, 0.5) is 10.2 Å². The van der Waals surface area contributed by atoms with Crippen molar-refractivity contribution in [2.75, 3.05) is 5.32 Å². The Labute approximate surface area is 108 Å². The summed E-state index contributed by atoms with van der Waals surface area (Å²) < 4.78 is 14.5. The summed E-state index contributed by atoms with van der Waals surface area (Å²) in [6, 6.07) is 10.4. The van der Waals surface area contributed by atoms with E-state index in [1.807, 2.05) is 25.1 Å². The minimum atomic E-state index is -0.204. The predicted octanol–water partition coefficient (Wildman–Crippen LogP) is 4.16. The molecule has 1 atom stereocenters. The normalized spacial score (nSPS) is 12.2. The number of anilines is 1. The molecular weight excluding hydrogens is 283 g/mol. The van der Waals surface area contributed by atoms with E-state index < -0.39 is 0 Å². The Morgan fingerprint density at radius 2 is 2.00 bits per heavy atom. The van der Waals surface area contributed by atoms with Gasteiger partial charge >= 0.3 is 0 Å². The van der Waals surface area contributed by atoms with Gasteiger partial charge in [-0.05, 0) is 41.1 Å². The van der Waals surface area contributed by atoms with Gasteiger partial charge in [-0.15, -0.1) is 0 Å². The number of hydrogen-bond donors (Lipinski definition) is 1. The van der Waals surface area contributed by atoms with Crippen LogP contribution in [-0.4, -0.2) is 4.98 Å². The van der Waals surface area contributed by atoms with Gasteiger partial charge in [0.1, 0.15) is 11.6 Å². The minimum absolute atomic E-state index is 0.120. The van der Waals surface area contributed by atoms with Gasteiger partial charge in [0.15, 0.2) is 0 Å². The van der Waals surface area contributed by atoms with Crippen molar-refractivity contribution >= 4 is 21.7 Å². The number of nitrogens with one attached hydrogen (secondary N) is 1. The average molecular weight is 295 g/mol. The fraction of sp³-hybridized carbons (Fsp3) is 0.154. The Kier molecular flexibility index (Phi) is 3.74. The Morgan fingerprint density at radius 1 is 1.24 bits per heavy atom. The lowest BCUT2D eigenvalue weighted by atomic mass is 10.1. The molecule has 17 heavy (non-hydrogen) atoms. The van der Waals surface area contributed by atoms with Crippen LogP contribution < -0.4 is 5.32 Å². The molecule has 0 aliphatic rings. The molecule has 0 radical (unpaired) electrons. The SMILES string of the molecule is C[C@@H](Nc1ccc(Br)cn1)c1ccccc1F. The number of hydrogen-bond acceptors (Lipinski definition) is 2. The summed E-state index contributed by atoms with van der Waals surface area (Å²) in [5.41, 5.74) is 0.636. The lowest BCUT2D eigenvalue weighted by molar-refractivity contribution is 0.600. The van der Waals surface area contributed by atoms with Crippen molar-refractivity contribution < 1.29 is 4.39 Å². The van der Waals surface area contributed by atoms with E-state index in [4.69, 9.17) is 0 Å². The summed E-state index contributed by atoms with van der Waals surface area (Å²) in [7, 11) is 0. The Bertz CT molecular complexity index is 499. The second-order valence-electron chi connectivity index (χ2n) is 3.75. The average Bonchev–Trinajstić information content (AvgIpc) is 2.32. The molecule has 2 aromatic rings. The molecule has 2 nitrogen and oxygen atoms in total. The molecular formula is C13H12BrFN2. The quantitative estimate of drug-likeness (QED) is 0.919. The molecule has 1 N–H and O–H groups in total. The summed E-state index contributed by atoms with van der Waals surface area (Å²) in [5, 5.41) is 3.15. The zero-order chi connectivity index (χ0) is 12.3. The van der Waals surface area contributed by atoms with Gasteiger partial charge < -0.3 is 5.32 Å². The molecule has 0 aliphatic heterocycles. The minimum Gasteiger partial charge on any atom is -0.363 e. The number of nitrogens with zero attached hydrogens (tertiary/aromatic N) is 1. The molecule has 1 aromatic heterocycles. The van der Waals surface area contributed by atoms with Crippen LogP contribution in [0.5, 0.6) is 0 Å². The highest BCUT2D eigenvalue weighted by Gasteiger charge is 2.10. The van der Waals surface area contributed by atoms with Crippen LogP contribution in [0.1, 0.15) is 18.5 Å². The first kappa shape index (κ1) is 12.0. The lowest BCUT2D eigenvalue weighted by Crippen LogP contribution is -2.09. The third kappa shape index (κ3) is 3.03. The molecule has 2 rings (SSSR count). The predicted molar refractivity (Wildman–Crippen MR) is 70.4 cm³/mol. The highest BCUT2D eigenvalue weighted by molar-refractivity contribution is 9.10. The van der Waals surface area contributed by atoms with Crippen molar-refractivity contribution in [1.29, 1.82) is 0 Å². The van der Waals surface area contributed by atoms with Crippen molar-refractivity contribution in [2.24, 2.45) is 0 Å². The molecule has 0 fully saturated rings. The number of pyridine rings is 1. The first-order valence-corrected chi connectivity index (χ1v) is 6.08. The zero-order valence-electron chi connectivity index (χ0n) is 9.32. The topological polar surface area (TPSA) is 24.9 Å². The van der Waals surface area contributed by atoms with E-state index >= 15 is 0 Å². The molecule has 0 spiro atoms. The van der Waals surface area contributed by atoms with E-state index in [2.05, 4.69) is 26.2 Å². The third-order valence-corrected chi connectivity index (χ3v) is 2.93. The van der Waals surface area contributed by atoms with Crippen LogP contribution in [0, 0.1) is 5.82 Å². The van der Waals surface area contributed by atoms with E-state index in [1.165, 1.54) is 6.07 Å². The summed E-state index contributed by atoms with van der Waals surface area (Å²) in [6.45, 7) is 1.90. The Balaban J connectivity index is 2.14. The third-order valence-electron chi connectivity index (χ3n) is 2.46. The smallest absolute Gasteiger partial charge is 0.128 e. The van der Waals surface area contributed by atoms with Gasteiger partial charge in [0.05, 0.1) is 6.04 Å². The van der Waals surface area contributed by atoms with Crippen LogP contribution in [0.2, 0.25) is 0 Å². The van der Waals surface area contributed by atoms with Crippen molar-refractivity contribution in [3.05, 3.63) is 58.4 Å². The molecule has 0 aliphatic carbocycles. The Morgan fingerprint density at radius 3 is 2.65 bits per heavy atom. The summed E-state index contributed by atoms with van der Waals surface area (Å²) in [5.74, 6) is 0.522. The molecule has 88 valence electrons. The molecule has 1 aromatic carbocycles. The van der Waals surface area contributed by atoms with Gasteiger partial charge in [0.2, 0.25) is 0 Å². The summed E-state index contributed by atoms with van der Waals surface area (Å²) >= 11 is 3.32. The largest absolute Gasteiger partial charge is 0.363 e. The van der Waals surface area contributed by atoms with Crippen molar-refractivity contribution in [3.63, 3.8) is 0 Å². The maximum atomic E-state index is 13.5. The van der Waals surface area contributed by atoms with Crippen molar-refractivity contribution in [1.82, 2.24) is 4.98 Å². The van der Waals surface area contributed by atoms with E-state index in [0.29, 0.717) is 5.56 Å². The molecule has 0 bridgehead atoms. The number of aromatic nitrogens is 1. The van der Waals surface area contributed by atoms with Crippen molar-refractivity contribution in [3.8, 4) is 0 Å². The van der Waals surface area contributed by atoms with Gasteiger partial charge in [-0.1, -0.05) is 18.2 Å². The lowest BCUT2D eigenvalue weighted by Gasteiger charge is -2.15. The second kappa shape index (κ2) is 5.27. The summed E-state index contributed by atoms with van der Waals surface area (Å²) in [4.78, 5) is 4.19. The maximum Gasteiger partial charge on any atom is 0.128 e.